The first kappa shape index (κ1) is 15.9. The Labute approximate surface area is 131 Å². The van der Waals surface area contributed by atoms with Crippen molar-refractivity contribution in [2.45, 2.75) is 63.3 Å². The lowest BCUT2D eigenvalue weighted by atomic mass is 10.1. The van der Waals surface area contributed by atoms with Crippen LogP contribution in [0.2, 0.25) is 0 Å². The van der Waals surface area contributed by atoms with E-state index in [1.807, 2.05) is 13.8 Å². The van der Waals surface area contributed by atoms with Gasteiger partial charge >= 0.3 is 0 Å². The second kappa shape index (κ2) is 6.25. The standard InChI is InChI=1S/C14H24N4O3S/c1-10(2)14-15-13(21-16-14)9-18-7-5-11(6-8-18)17-22(19,20)12-3-4-12/h10-12,17H,3-9H2,1-2H3. The molecule has 2 aliphatic rings. The van der Waals surface area contributed by atoms with E-state index in [1.54, 1.807) is 0 Å². The predicted molar refractivity (Wildman–Crippen MR) is 81.8 cm³/mol. The summed E-state index contributed by atoms with van der Waals surface area (Å²) in [4.78, 5) is 6.62. The van der Waals surface area contributed by atoms with Crippen LogP contribution in [0.3, 0.4) is 0 Å². The van der Waals surface area contributed by atoms with Crippen LogP contribution in [0.15, 0.2) is 4.52 Å². The van der Waals surface area contributed by atoms with Crippen molar-refractivity contribution in [3.63, 3.8) is 0 Å². The zero-order valence-electron chi connectivity index (χ0n) is 13.2. The number of likely N-dealkylation sites (tertiary alicyclic amines) is 1. The molecule has 1 N–H and O–H groups in total. The minimum atomic E-state index is -3.08. The van der Waals surface area contributed by atoms with E-state index in [0.717, 1.165) is 44.6 Å². The molecule has 8 heteroatoms. The Balaban J connectivity index is 1.47. The van der Waals surface area contributed by atoms with Gasteiger partial charge in [-0.1, -0.05) is 19.0 Å². The van der Waals surface area contributed by atoms with Crippen molar-refractivity contribution in [1.82, 2.24) is 19.8 Å². The summed E-state index contributed by atoms with van der Waals surface area (Å²) in [7, 11) is -3.08. The quantitative estimate of drug-likeness (QED) is 0.845. The van der Waals surface area contributed by atoms with E-state index >= 15 is 0 Å². The number of piperidine rings is 1. The van der Waals surface area contributed by atoms with Gasteiger partial charge in [0, 0.05) is 25.0 Å². The van der Waals surface area contributed by atoms with Crippen LogP contribution in [0, 0.1) is 0 Å². The summed E-state index contributed by atoms with van der Waals surface area (Å²) < 4.78 is 32.0. The lowest BCUT2D eigenvalue weighted by Crippen LogP contribution is -2.45. The van der Waals surface area contributed by atoms with Crippen molar-refractivity contribution >= 4 is 10.0 Å². The van der Waals surface area contributed by atoms with Gasteiger partial charge in [-0.2, -0.15) is 4.98 Å². The molecule has 0 atom stereocenters. The molecule has 124 valence electrons. The molecule has 22 heavy (non-hydrogen) atoms. The highest BCUT2D eigenvalue weighted by molar-refractivity contribution is 7.90. The minimum Gasteiger partial charge on any atom is -0.338 e. The molecule has 2 heterocycles. The third-order valence-electron chi connectivity index (χ3n) is 4.24. The highest BCUT2D eigenvalue weighted by Gasteiger charge is 2.37. The highest BCUT2D eigenvalue weighted by Crippen LogP contribution is 2.28. The molecular weight excluding hydrogens is 304 g/mol. The number of aromatic nitrogens is 2. The molecule has 1 aromatic heterocycles. The number of nitrogens with zero attached hydrogens (tertiary/aromatic N) is 3. The second-order valence-electron chi connectivity index (χ2n) is 6.61. The lowest BCUT2D eigenvalue weighted by Gasteiger charge is -2.31. The molecule has 0 radical (unpaired) electrons. The molecular formula is C14H24N4O3S. The summed E-state index contributed by atoms with van der Waals surface area (Å²) in [5.74, 6) is 1.64. The van der Waals surface area contributed by atoms with Crippen molar-refractivity contribution in [2.75, 3.05) is 13.1 Å². The van der Waals surface area contributed by atoms with Crippen molar-refractivity contribution in [1.29, 1.82) is 0 Å². The topological polar surface area (TPSA) is 88.3 Å². The van der Waals surface area contributed by atoms with E-state index in [2.05, 4.69) is 19.8 Å². The molecule has 0 unspecified atom stereocenters. The third kappa shape index (κ3) is 3.85. The average molecular weight is 328 g/mol. The van der Waals surface area contributed by atoms with Gasteiger partial charge in [-0.3, -0.25) is 4.90 Å². The maximum Gasteiger partial charge on any atom is 0.240 e. The van der Waals surface area contributed by atoms with E-state index in [1.165, 1.54) is 0 Å². The molecule has 0 bridgehead atoms. The van der Waals surface area contributed by atoms with Gasteiger partial charge in [0.15, 0.2) is 5.82 Å². The summed E-state index contributed by atoms with van der Waals surface area (Å²) in [5.41, 5.74) is 0. The number of nitrogens with one attached hydrogen (secondary N) is 1. The lowest BCUT2D eigenvalue weighted by molar-refractivity contribution is 0.177. The smallest absolute Gasteiger partial charge is 0.240 e. The van der Waals surface area contributed by atoms with Crippen LogP contribution in [0.4, 0.5) is 0 Å². The fourth-order valence-electron chi connectivity index (χ4n) is 2.67. The Hall–Kier alpha value is -0.990. The molecule has 1 aliphatic heterocycles. The van der Waals surface area contributed by atoms with Gasteiger partial charge in [0.05, 0.1) is 11.8 Å². The van der Waals surface area contributed by atoms with Crippen molar-refractivity contribution in [3.8, 4) is 0 Å². The molecule has 1 saturated heterocycles. The number of rotatable bonds is 6. The monoisotopic (exact) mass is 328 g/mol. The van der Waals surface area contributed by atoms with Crippen molar-refractivity contribution in [2.24, 2.45) is 0 Å². The van der Waals surface area contributed by atoms with Crippen LogP contribution in [0.25, 0.3) is 0 Å². The molecule has 0 spiro atoms. The Morgan fingerprint density at radius 2 is 1.95 bits per heavy atom. The predicted octanol–water partition coefficient (Wildman–Crippen LogP) is 1.24. The summed E-state index contributed by atoms with van der Waals surface area (Å²) in [6, 6.07) is 0.0655. The van der Waals surface area contributed by atoms with Crippen LogP contribution in [-0.2, 0) is 16.6 Å². The fourth-order valence-corrected chi connectivity index (χ4v) is 4.32. The van der Waals surface area contributed by atoms with Gasteiger partial charge in [0.25, 0.3) is 0 Å². The molecule has 7 nitrogen and oxygen atoms in total. The molecule has 1 aliphatic carbocycles. The molecule has 0 aromatic carbocycles. The Bertz CT molecular complexity index is 601. The van der Waals surface area contributed by atoms with Gasteiger partial charge < -0.3 is 4.52 Å². The van der Waals surface area contributed by atoms with E-state index in [-0.39, 0.29) is 17.2 Å². The van der Waals surface area contributed by atoms with E-state index in [0.29, 0.717) is 12.4 Å². The Morgan fingerprint density at radius 1 is 1.27 bits per heavy atom. The van der Waals surface area contributed by atoms with Crippen molar-refractivity contribution in [3.05, 3.63) is 11.7 Å². The minimum absolute atomic E-state index is 0.0655. The van der Waals surface area contributed by atoms with Gasteiger partial charge in [-0.25, -0.2) is 13.1 Å². The first-order valence-electron chi connectivity index (χ1n) is 8.00. The maximum absolute atomic E-state index is 11.9. The van der Waals surface area contributed by atoms with E-state index in [9.17, 15) is 8.42 Å². The van der Waals surface area contributed by atoms with Crippen LogP contribution < -0.4 is 4.72 Å². The first-order chi connectivity index (χ1) is 10.4. The van der Waals surface area contributed by atoms with Gasteiger partial charge in [-0.05, 0) is 25.7 Å². The first-order valence-corrected chi connectivity index (χ1v) is 9.54. The number of hydrogen-bond donors (Lipinski definition) is 1. The molecule has 3 rings (SSSR count). The Morgan fingerprint density at radius 3 is 2.50 bits per heavy atom. The summed E-state index contributed by atoms with van der Waals surface area (Å²) in [5, 5.41) is 3.83. The highest BCUT2D eigenvalue weighted by atomic mass is 32.2. The summed E-state index contributed by atoms with van der Waals surface area (Å²) in [6.45, 7) is 6.40. The summed E-state index contributed by atoms with van der Waals surface area (Å²) >= 11 is 0. The van der Waals surface area contributed by atoms with Crippen LogP contribution in [0.1, 0.15) is 57.2 Å². The van der Waals surface area contributed by atoms with Gasteiger partial charge in [0.1, 0.15) is 0 Å². The van der Waals surface area contributed by atoms with Crippen LogP contribution in [-0.4, -0.2) is 47.8 Å². The fraction of sp³-hybridized carbons (Fsp3) is 0.857. The normalized spacial score (nSPS) is 21.6. The maximum atomic E-state index is 11.9. The second-order valence-corrected chi connectivity index (χ2v) is 8.61. The summed E-state index contributed by atoms with van der Waals surface area (Å²) in [6.07, 6.45) is 3.28. The van der Waals surface area contributed by atoms with Crippen LogP contribution in [0.5, 0.6) is 0 Å². The molecule has 2 fully saturated rings. The zero-order valence-corrected chi connectivity index (χ0v) is 14.0. The number of sulfonamides is 1. The zero-order chi connectivity index (χ0) is 15.7. The van der Waals surface area contributed by atoms with E-state index < -0.39 is 10.0 Å². The van der Waals surface area contributed by atoms with Crippen LogP contribution >= 0.6 is 0 Å². The molecule has 1 aromatic rings. The Kier molecular flexibility index (Phi) is 4.52. The van der Waals surface area contributed by atoms with Crippen molar-refractivity contribution < 1.29 is 12.9 Å². The largest absolute Gasteiger partial charge is 0.338 e. The van der Waals surface area contributed by atoms with Gasteiger partial charge in [-0.15, -0.1) is 0 Å². The van der Waals surface area contributed by atoms with Gasteiger partial charge in [0.2, 0.25) is 15.9 Å². The SMILES string of the molecule is CC(C)c1noc(CN2CCC(NS(=O)(=O)C3CC3)CC2)n1. The van der Waals surface area contributed by atoms with E-state index in [4.69, 9.17) is 4.52 Å². The third-order valence-corrected chi connectivity index (χ3v) is 6.25. The number of hydrogen-bond acceptors (Lipinski definition) is 6. The molecule has 1 saturated carbocycles. The molecule has 0 amide bonds. The average Bonchev–Trinajstić information content (AvgIpc) is 3.22.